The average molecular weight is 227 g/mol. The van der Waals surface area contributed by atoms with Crippen molar-refractivity contribution < 1.29 is 27.1 Å². The number of aromatic nitrogens is 1. The topological polar surface area (TPSA) is 33.1 Å². The SMILES string of the molecule is O[C@H](c1ccncc1)C(F)(F)C(F)(F)F. The molecular formula is C8H6F5NO. The summed E-state index contributed by atoms with van der Waals surface area (Å²) in [6.07, 6.45) is -6.66. The van der Waals surface area contributed by atoms with Gasteiger partial charge in [-0.1, -0.05) is 0 Å². The number of halogens is 5. The first-order valence-electron chi connectivity index (χ1n) is 3.79. The molecule has 2 nitrogen and oxygen atoms in total. The van der Waals surface area contributed by atoms with Gasteiger partial charge in [0, 0.05) is 12.4 Å². The minimum Gasteiger partial charge on any atom is -0.382 e. The first kappa shape index (κ1) is 11.8. The normalized spacial score (nSPS) is 15.1. The molecule has 15 heavy (non-hydrogen) atoms. The summed E-state index contributed by atoms with van der Waals surface area (Å²) in [5.41, 5.74) is -0.535. The highest BCUT2D eigenvalue weighted by molar-refractivity contribution is 5.16. The third kappa shape index (κ3) is 2.23. The van der Waals surface area contributed by atoms with E-state index in [4.69, 9.17) is 5.11 Å². The molecule has 0 aliphatic heterocycles. The van der Waals surface area contributed by atoms with E-state index in [-0.39, 0.29) is 0 Å². The lowest BCUT2D eigenvalue weighted by molar-refractivity contribution is -0.315. The molecule has 7 heteroatoms. The zero-order chi connectivity index (χ0) is 11.7. The minimum atomic E-state index is -5.78. The van der Waals surface area contributed by atoms with Gasteiger partial charge in [-0.15, -0.1) is 0 Å². The number of pyridine rings is 1. The van der Waals surface area contributed by atoms with E-state index in [1.165, 1.54) is 0 Å². The Morgan fingerprint density at radius 1 is 1.07 bits per heavy atom. The molecular weight excluding hydrogens is 221 g/mol. The van der Waals surface area contributed by atoms with Crippen LogP contribution in [0.15, 0.2) is 24.5 Å². The molecule has 0 bridgehead atoms. The maximum Gasteiger partial charge on any atom is 0.456 e. The summed E-state index contributed by atoms with van der Waals surface area (Å²) in [6, 6.07) is 1.79. The van der Waals surface area contributed by atoms with E-state index < -0.39 is 23.8 Å². The largest absolute Gasteiger partial charge is 0.456 e. The van der Waals surface area contributed by atoms with Gasteiger partial charge in [-0.05, 0) is 17.7 Å². The highest BCUT2D eigenvalue weighted by atomic mass is 19.4. The Balaban J connectivity index is 3.00. The Kier molecular flexibility index (Phi) is 2.94. The molecule has 0 radical (unpaired) electrons. The maximum atomic E-state index is 12.6. The molecule has 0 saturated heterocycles. The van der Waals surface area contributed by atoms with Crippen molar-refractivity contribution in [2.45, 2.75) is 18.2 Å². The number of hydrogen-bond acceptors (Lipinski definition) is 2. The second-order valence-electron chi connectivity index (χ2n) is 2.80. The molecule has 1 aromatic rings. The molecule has 0 saturated carbocycles. The molecule has 1 N–H and O–H groups in total. The molecule has 1 aromatic heterocycles. The van der Waals surface area contributed by atoms with Crippen LogP contribution in [-0.4, -0.2) is 22.2 Å². The smallest absolute Gasteiger partial charge is 0.382 e. The second kappa shape index (κ2) is 3.73. The van der Waals surface area contributed by atoms with Gasteiger partial charge < -0.3 is 5.11 Å². The number of rotatable bonds is 2. The predicted octanol–water partition coefficient (Wildman–Crippen LogP) is 2.31. The fourth-order valence-corrected chi connectivity index (χ4v) is 0.910. The highest BCUT2D eigenvalue weighted by Crippen LogP contribution is 2.44. The van der Waals surface area contributed by atoms with E-state index in [0.29, 0.717) is 0 Å². The van der Waals surface area contributed by atoms with Gasteiger partial charge in [0.25, 0.3) is 0 Å². The lowest BCUT2D eigenvalue weighted by Crippen LogP contribution is -2.42. The minimum absolute atomic E-state index is 0.535. The summed E-state index contributed by atoms with van der Waals surface area (Å²) in [5, 5.41) is 8.89. The number of alkyl halides is 5. The summed E-state index contributed by atoms with van der Waals surface area (Å²) in [5.74, 6) is -5.17. The van der Waals surface area contributed by atoms with Crippen molar-refractivity contribution in [2.75, 3.05) is 0 Å². The number of aliphatic hydroxyl groups is 1. The van der Waals surface area contributed by atoms with Crippen LogP contribution in [0.5, 0.6) is 0 Å². The maximum absolute atomic E-state index is 12.6. The van der Waals surface area contributed by atoms with Crippen molar-refractivity contribution in [1.29, 1.82) is 0 Å². The van der Waals surface area contributed by atoms with Gasteiger partial charge in [-0.2, -0.15) is 22.0 Å². The van der Waals surface area contributed by atoms with Gasteiger partial charge in [0.05, 0.1) is 0 Å². The first-order valence-corrected chi connectivity index (χ1v) is 3.79. The van der Waals surface area contributed by atoms with Crippen molar-refractivity contribution >= 4 is 0 Å². The van der Waals surface area contributed by atoms with Crippen molar-refractivity contribution in [2.24, 2.45) is 0 Å². The van der Waals surface area contributed by atoms with Gasteiger partial charge in [0.1, 0.15) is 0 Å². The molecule has 0 spiro atoms. The molecule has 0 aliphatic rings. The van der Waals surface area contributed by atoms with Crippen molar-refractivity contribution in [3.05, 3.63) is 30.1 Å². The molecule has 1 atom stereocenters. The molecule has 1 heterocycles. The molecule has 0 amide bonds. The monoisotopic (exact) mass is 227 g/mol. The van der Waals surface area contributed by atoms with Crippen LogP contribution in [0, 0.1) is 0 Å². The summed E-state index contributed by atoms with van der Waals surface area (Å²) >= 11 is 0. The summed E-state index contributed by atoms with van der Waals surface area (Å²) in [6.45, 7) is 0. The van der Waals surface area contributed by atoms with Crippen LogP contribution in [0.2, 0.25) is 0 Å². The molecule has 84 valence electrons. The fourth-order valence-electron chi connectivity index (χ4n) is 0.910. The Morgan fingerprint density at radius 3 is 1.93 bits per heavy atom. The lowest BCUT2D eigenvalue weighted by atomic mass is 10.0. The van der Waals surface area contributed by atoms with Crippen LogP contribution in [0.1, 0.15) is 11.7 Å². The zero-order valence-electron chi connectivity index (χ0n) is 7.17. The van der Waals surface area contributed by atoms with Crippen LogP contribution >= 0.6 is 0 Å². The third-order valence-electron chi connectivity index (χ3n) is 1.74. The van der Waals surface area contributed by atoms with Crippen LogP contribution in [0.4, 0.5) is 22.0 Å². The highest BCUT2D eigenvalue weighted by Gasteiger charge is 2.62. The Bertz CT molecular complexity index is 324. The van der Waals surface area contributed by atoms with Gasteiger partial charge in [-0.25, -0.2) is 0 Å². The lowest BCUT2D eigenvalue weighted by Gasteiger charge is -2.24. The Morgan fingerprint density at radius 2 is 1.53 bits per heavy atom. The Hall–Kier alpha value is -1.24. The summed E-state index contributed by atoms with van der Waals surface area (Å²) < 4.78 is 60.8. The second-order valence-corrected chi connectivity index (χ2v) is 2.80. The molecule has 0 unspecified atom stereocenters. The van der Waals surface area contributed by atoms with Crippen LogP contribution in [0.3, 0.4) is 0 Å². The average Bonchev–Trinajstić information content (AvgIpc) is 2.16. The number of aliphatic hydroxyl groups excluding tert-OH is 1. The van der Waals surface area contributed by atoms with Crippen molar-refractivity contribution in [3.8, 4) is 0 Å². The first-order chi connectivity index (χ1) is 6.77. The third-order valence-corrected chi connectivity index (χ3v) is 1.74. The van der Waals surface area contributed by atoms with Crippen molar-refractivity contribution in [1.82, 2.24) is 4.98 Å². The van der Waals surface area contributed by atoms with E-state index in [1.54, 1.807) is 0 Å². The van der Waals surface area contributed by atoms with Crippen LogP contribution in [-0.2, 0) is 0 Å². The van der Waals surface area contributed by atoms with E-state index in [2.05, 4.69) is 4.98 Å². The fraction of sp³-hybridized carbons (Fsp3) is 0.375. The van der Waals surface area contributed by atoms with E-state index in [9.17, 15) is 22.0 Å². The molecule has 0 aromatic carbocycles. The van der Waals surface area contributed by atoms with Gasteiger partial charge in [-0.3, -0.25) is 4.98 Å². The number of hydrogen-bond donors (Lipinski definition) is 1. The molecule has 0 fully saturated rings. The molecule has 0 aliphatic carbocycles. The Labute approximate surface area is 81.4 Å². The quantitative estimate of drug-likeness (QED) is 0.786. The number of nitrogens with zero attached hydrogens (tertiary/aromatic N) is 1. The standard InChI is InChI=1S/C8H6F5NO/c9-7(10,8(11,12)13)6(15)5-1-3-14-4-2-5/h1-4,6,15H/t6-/m1/s1. The van der Waals surface area contributed by atoms with Crippen molar-refractivity contribution in [3.63, 3.8) is 0 Å². The predicted molar refractivity (Wildman–Crippen MR) is 40.2 cm³/mol. The summed E-state index contributed by atoms with van der Waals surface area (Å²) in [4.78, 5) is 3.43. The van der Waals surface area contributed by atoms with E-state index in [1.807, 2.05) is 0 Å². The zero-order valence-corrected chi connectivity index (χ0v) is 7.17. The van der Waals surface area contributed by atoms with Gasteiger partial charge >= 0.3 is 12.1 Å². The van der Waals surface area contributed by atoms with Gasteiger partial charge in [0.2, 0.25) is 0 Å². The van der Waals surface area contributed by atoms with E-state index in [0.717, 1.165) is 24.5 Å². The van der Waals surface area contributed by atoms with Crippen LogP contribution < -0.4 is 0 Å². The van der Waals surface area contributed by atoms with Crippen LogP contribution in [0.25, 0.3) is 0 Å². The van der Waals surface area contributed by atoms with E-state index >= 15 is 0 Å². The van der Waals surface area contributed by atoms with Gasteiger partial charge in [0.15, 0.2) is 6.10 Å². The summed E-state index contributed by atoms with van der Waals surface area (Å²) in [7, 11) is 0. The molecule has 1 rings (SSSR count).